The van der Waals surface area contributed by atoms with Crippen LogP contribution in [-0.2, 0) is 15.6 Å². The minimum Gasteiger partial charge on any atom is -0.496 e. The molecule has 0 fully saturated rings. The standard InChI is InChI=1S/C27H23N3O7S2/c1-16-7-12-22(21(13-16)24(31)20-5-3-4-6-23(20)37-2)29-26(34)30-27-28-14-18(38-27)15-39(35,36)19-10-8-17(9-11-19)25(32)33/h3-14H,15H2,1-2H3,(H,32,33)(H2,28,29,30,34). The van der Waals surface area contributed by atoms with Gasteiger partial charge < -0.3 is 15.2 Å². The van der Waals surface area contributed by atoms with Crippen LogP contribution in [0.25, 0.3) is 0 Å². The molecule has 200 valence electrons. The highest BCUT2D eigenvalue weighted by Gasteiger charge is 2.21. The number of urea groups is 1. The Hall–Kier alpha value is -4.55. The van der Waals surface area contributed by atoms with E-state index in [1.54, 1.807) is 42.5 Å². The van der Waals surface area contributed by atoms with Gasteiger partial charge in [0.1, 0.15) is 5.75 Å². The van der Waals surface area contributed by atoms with Crippen LogP contribution in [0.4, 0.5) is 15.6 Å². The number of benzene rings is 3. The Labute approximate surface area is 228 Å². The highest BCUT2D eigenvalue weighted by molar-refractivity contribution is 7.90. The van der Waals surface area contributed by atoms with E-state index in [-0.39, 0.29) is 38.4 Å². The number of carbonyl (C=O) groups excluding carboxylic acids is 2. The lowest BCUT2D eigenvalue weighted by Gasteiger charge is -2.13. The molecule has 4 aromatic rings. The first kappa shape index (κ1) is 27.5. The third kappa shape index (κ3) is 6.48. The van der Waals surface area contributed by atoms with Crippen molar-refractivity contribution in [2.24, 2.45) is 0 Å². The van der Waals surface area contributed by atoms with Crippen LogP contribution in [0.1, 0.15) is 36.7 Å². The molecule has 1 aromatic heterocycles. The summed E-state index contributed by atoms with van der Waals surface area (Å²) in [4.78, 5) is 41.5. The zero-order valence-electron chi connectivity index (χ0n) is 20.8. The van der Waals surface area contributed by atoms with Crippen molar-refractivity contribution in [3.63, 3.8) is 0 Å². The number of carboxylic acid groups (broad SMARTS) is 1. The minimum absolute atomic E-state index is 0.0226. The lowest BCUT2D eigenvalue weighted by Crippen LogP contribution is -2.21. The number of aryl methyl sites for hydroxylation is 1. The molecule has 0 radical (unpaired) electrons. The predicted octanol–water partition coefficient (Wildman–Crippen LogP) is 5.01. The monoisotopic (exact) mass is 565 g/mol. The molecule has 0 saturated heterocycles. The molecule has 39 heavy (non-hydrogen) atoms. The number of ketones is 1. The van der Waals surface area contributed by atoms with E-state index >= 15 is 0 Å². The number of carboxylic acids is 1. The van der Waals surface area contributed by atoms with Gasteiger partial charge in [0.2, 0.25) is 0 Å². The maximum atomic E-state index is 13.3. The molecular weight excluding hydrogens is 542 g/mol. The molecule has 10 nitrogen and oxygen atoms in total. The average Bonchev–Trinajstić information content (AvgIpc) is 3.34. The van der Waals surface area contributed by atoms with Gasteiger partial charge in [-0.2, -0.15) is 0 Å². The van der Waals surface area contributed by atoms with Crippen molar-refractivity contribution < 1.29 is 32.6 Å². The molecular formula is C27H23N3O7S2. The van der Waals surface area contributed by atoms with Crippen molar-refractivity contribution in [2.45, 2.75) is 17.6 Å². The number of sulfone groups is 1. The number of aromatic carboxylic acids is 1. The number of methoxy groups -OCH3 is 1. The van der Waals surface area contributed by atoms with Crippen LogP contribution in [0.2, 0.25) is 0 Å². The van der Waals surface area contributed by atoms with Crippen LogP contribution >= 0.6 is 11.3 Å². The van der Waals surface area contributed by atoms with E-state index < -0.39 is 21.8 Å². The summed E-state index contributed by atoms with van der Waals surface area (Å²) >= 11 is 0.976. The molecule has 0 aliphatic carbocycles. The number of rotatable bonds is 9. The summed E-state index contributed by atoms with van der Waals surface area (Å²) in [5.74, 6) is -1.46. The van der Waals surface area contributed by atoms with Gasteiger partial charge in [-0.3, -0.25) is 10.1 Å². The highest BCUT2D eigenvalue weighted by atomic mass is 32.2. The SMILES string of the molecule is COc1ccccc1C(=O)c1cc(C)ccc1NC(=O)Nc1ncc(CS(=O)(=O)c2ccc(C(=O)O)cc2)s1. The van der Waals surface area contributed by atoms with Crippen molar-refractivity contribution in [2.75, 3.05) is 17.7 Å². The molecule has 0 atom stereocenters. The summed E-state index contributed by atoms with van der Waals surface area (Å²) in [6.07, 6.45) is 1.34. The Kier molecular flexibility index (Phi) is 8.07. The Bertz CT molecular complexity index is 1660. The van der Waals surface area contributed by atoms with Crippen LogP contribution in [-0.4, -0.2) is 43.4 Å². The molecule has 0 saturated carbocycles. The number of ether oxygens (including phenoxy) is 1. The Morgan fingerprint density at radius 1 is 0.974 bits per heavy atom. The van der Waals surface area contributed by atoms with Crippen LogP contribution in [0.3, 0.4) is 0 Å². The second kappa shape index (κ2) is 11.5. The smallest absolute Gasteiger partial charge is 0.335 e. The molecule has 12 heteroatoms. The van der Waals surface area contributed by atoms with E-state index in [0.29, 0.717) is 16.2 Å². The Morgan fingerprint density at radius 3 is 2.38 bits per heavy atom. The number of thiazole rings is 1. The third-order valence-corrected chi connectivity index (χ3v) is 8.36. The molecule has 0 bridgehead atoms. The normalized spacial score (nSPS) is 11.0. The molecule has 0 aliphatic rings. The van der Waals surface area contributed by atoms with E-state index in [1.165, 1.54) is 37.6 Å². The lowest BCUT2D eigenvalue weighted by molar-refractivity contribution is 0.0696. The van der Waals surface area contributed by atoms with E-state index in [4.69, 9.17) is 9.84 Å². The maximum Gasteiger partial charge on any atom is 0.335 e. The maximum absolute atomic E-state index is 13.3. The summed E-state index contributed by atoms with van der Waals surface area (Å²) in [5, 5.41) is 14.4. The molecule has 3 N–H and O–H groups in total. The average molecular weight is 566 g/mol. The number of amides is 2. The molecule has 2 amide bonds. The number of carbonyl (C=O) groups is 3. The fraction of sp³-hybridized carbons (Fsp3) is 0.111. The summed E-state index contributed by atoms with van der Waals surface area (Å²) in [6, 6.07) is 16.1. The van der Waals surface area contributed by atoms with E-state index in [0.717, 1.165) is 16.9 Å². The van der Waals surface area contributed by atoms with Crippen LogP contribution in [0.5, 0.6) is 5.75 Å². The second-order valence-electron chi connectivity index (χ2n) is 8.38. The van der Waals surface area contributed by atoms with Gasteiger partial charge in [-0.05, 0) is 55.5 Å². The lowest BCUT2D eigenvalue weighted by atomic mass is 9.99. The number of anilines is 2. The van der Waals surface area contributed by atoms with Gasteiger partial charge in [-0.25, -0.2) is 23.0 Å². The summed E-state index contributed by atoms with van der Waals surface area (Å²) < 4.78 is 30.8. The first-order chi connectivity index (χ1) is 18.6. The number of para-hydroxylation sites is 1. The molecule has 4 rings (SSSR count). The number of hydrogen-bond donors (Lipinski definition) is 3. The summed E-state index contributed by atoms with van der Waals surface area (Å²) in [5.41, 5.74) is 1.69. The van der Waals surface area contributed by atoms with E-state index in [2.05, 4.69) is 15.6 Å². The molecule has 1 heterocycles. The number of nitrogens with zero attached hydrogens (tertiary/aromatic N) is 1. The number of aromatic nitrogens is 1. The Balaban J connectivity index is 1.47. The van der Waals surface area contributed by atoms with Gasteiger partial charge in [0, 0.05) is 16.6 Å². The minimum atomic E-state index is -3.77. The van der Waals surface area contributed by atoms with Crippen LogP contribution in [0.15, 0.2) is 77.8 Å². The van der Waals surface area contributed by atoms with Crippen molar-refractivity contribution in [3.8, 4) is 5.75 Å². The third-order valence-electron chi connectivity index (χ3n) is 5.59. The van der Waals surface area contributed by atoms with E-state index in [9.17, 15) is 22.8 Å². The Morgan fingerprint density at radius 2 is 1.69 bits per heavy atom. The largest absolute Gasteiger partial charge is 0.496 e. The first-order valence-electron chi connectivity index (χ1n) is 11.4. The molecule has 3 aromatic carbocycles. The fourth-order valence-electron chi connectivity index (χ4n) is 3.69. The first-order valence-corrected chi connectivity index (χ1v) is 13.9. The van der Waals surface area contributed by atoms with Gasteiger partial charge in [0.25, 0.3) is 0 Å². The highest BCUT2D eigenvalue weighted by Crippen LogP contribution is 2.27. The van der Waals surface area contributed by atoms with Gasteiger partial charge in [-0.1, -0.05) is 23.8 Å². The van der Waals surface area contributed by atoms with Crippen molar-refractivity contribution in [1.82, 2.24) is 4.98 Å². The van der Waals surface area contributed by atoms with E-state index in [1.807, 2.05) is 6.92 Å². The number of nitrogens with one attached hydrogen (secondary N) is 2. The number of hydrogen-bond acceptors (Lipinski definition) is 8. The zero-order chi connectivity index (χ0) is 28.2. The van der Waals surface area contributed by atoms with Crippen molar-refractivity contribution >= 4 is 49.8 Å². The van der Waals surface area contributed by atoms with Crippen molar-refractivity contribution in [3.05, 3.63) is 100 Å². The molecule has 0 spiro atoms. The quantitative estimate of drug-likeness (QED) is 0.240. The summed E-state index contributed by atoms with van der Waals surface area (Å²) in [6.45, 7) is 1.83. The van der Waals surface area contributed by atoms with Crippen molar-refractivity contribution in [1.29, 1.82) is 0 Å². The van der Waals surface area contributed by atoms with Gasteiger partial charge in [0.05, 0.1) is 34.6 Å². The molecule has 0 unspecified atom stereocenters. The second-order valence-corrected chi connectivity index (χ2v) is 11.5. The molecule has 0 aliphatic heterocycles. The summed E-state index contributed by atoms with van der Waals surface area (Å²) in [7, 11) is -2.30. The topological polar surface area (TPSA) is 152 Å². The van der Waals surface area contributed by atoms with Gasteiger partial charge >= 0.3 is 12.0 Å². The predicted molar refractivity (Wildman–Crippen MR) is 147 cm³/mol. The fourth-order valence-corrected chi connectivity index (χ4v) is 6.16. The zero-order valence-corrected chi connectivity index (χ0v) is 22.4. The van der Waals surface area contributed by atoms with Crippen LogP contribution in [0, 0.1) is 6.92 Å². The van der Waals surface area contributed by atoms with Gasteiger partial charge in [0.15, 0.2) is 20.8 Å². The van der Waals surface area contributed by atoms with Crippen LogP contribution < -0.4 is 15.4 Å². The van der Waals surface area contributed by atoms with Gasteiger partial charge in [-0.15, -0.1) is 11.3 Å².